The van der Waals surface area contributed by atoms with Gasteiger partial charge in [-0.1, -0.05) is 11.8 Å². The summed E-state index contributed by atoms with van der Waals surface area (Å²) in [5.74, 6) is 1.07. The summed E-state index contributed by atoms with van der Waals surface area (Å²) in [6, 6.07) is 9.49. The number of anilines is 2. The molecule has 1 unspecified atom stereocenters. The first kappa shape index (κ1) is 18.3. The van der Waals surface area contributed by atoms with E-state index in [-0.39, 0.29) is 17.9 Å². The van der Waals surface area contributed by atoms with E-state index in [0.29, 0.717) is 12.3 Å². The maximum atomic E-state index is 11.7. The first-order chi connectivity index (χ1) is 12.4. The molecule has 1 amide bonds. The van der Waals surface area contributed by atoms with Crippen molar-refractivity contribution in [3.63, 3.8) is 0 Å². The van der Waals surface area contributed by atoms with E-state index in [1.807, 2.05) is 31.2 Å². The Labute approximate surface area is 157 Å². The number of ether oxygens (including phenoxy) is 1. The number of carbonyl (C=O) groups is 2. The van der Waals surface area contributed by atoms with Gasteiger partial charge in [-0.3, -0.25) is 9.59 Å². The molecule has 1 aromatic carbocycles. The molecule has 1 aromatic heterocycles. The second-order valence-electron chi connectivity index (χ2n) is 6.24. The number of carbonyl (C=O) groups excluding carboxylic acids is 2. The van der Waals surface area contributed by atoms with Crippen LogP contribution in [0.1, 0.15) is 20.8 Å². The molecule has 1 aliphatic rings. The first-order valence-corrected chi connectivity index (χ1v) is 9.14. The normalized spacial score (nSPS) is 13.5. The van der Waals surface area contributed by atoms with E-state index in [4.69, 9.17) is 4.74 Å². The third kappa shape index (κ3) is 3.67. The number of benzene rings is 1. The van der Waals surface area contributed by atoms with Gasteiger partial charge in [0.2, 0.25) is 5.91 Å². The van der Waals surface area contributed by atoms with Gasteiger partial charge in [-0.25, -0.2) is 4.98 Å². The number of rotatable bonds is 4. The molecule has 1 aliphatic heterocycles. The summed E-state index contributed by atoms with van der Waals surface area (Å²) >= 11 is 1.59. The molecule has 0 N–H and O–H groups in total. The SMILES string of the molecule is CC(=O)Oc1ccc2c(c1)Sc1cccnc1N2CC(C)N(C)C(C)=O. The van der Waals surface area contributed by atoms with Gasteiger partial charge in [0.1, 0.15) is 11.6 Å². The molecule has 26 heavy (non-hydrogen) atoms. The highest BCUT2D eigenvalue weighted by Gasteiger charge is 2.27. The fourth-order valence-electron chi connectivity index (χ4n) is 2.81. The Morgan fingerprint density at radius 1 is 1.27 bits per heavy atom. The minimum atomic E-state index is -0.346. The second-order valence-corrected chi connectivity index (χ2v) is 7.32. The molecule has 2 heterocycles. The van der Waals surface area contributed by atoms with Crippen LogP contribution in [0.4, 0.5) is 11.5 Å². The number of aromatic nitrogens is 1. The topological polar surface area (TPSA) is 62.7 Å². The Morgan fingerprint density at radius 3 is 2.73 bits per heavy atom. The van der Waals surface area contributed by atoms with Gasteiger partial charge in [-0.15, -0.1) is 0 Å². The summed E-state index contributed by atoms with van der Waals surface area (Å²) < 4.78 is 5.22. The molecular formula is C19H21N3O3S. The molecule has 3 rings (SSSR count). The summed E-state index contributed by atoms with van der Waals surface area (Å²) in [4.78, 5) is 33.3. The number of hydrogen-bond acceptors (Lipinski definition) is 6. The smallest absolute Gasteiger partial charge is 0.308 e. The van der Waals surface area contributed by atoms with Gasteiger partial charge in [-0.2, -0.15) is 0 Å². The van der Waals surface area contributed by atoms with Crippen LogP contribution in [-0.2, 0) is 9.59 Å². The molecule has 7 heteroatoms. The van der Waals surface area contributed by atoms with E-state index < -0.39 is 0 Å². The van der Waals surface area contributed by atoms with Crippen molar-refractivity contribution in [2.45, 2.75) is 36.6 Å². The van der Waals surface area contributed by atoms with Crippen molar-refractivity contribution in [2.24, 2.45) is 0 Å². The van der Waals surface area contributed by atoms with Crippen LogP contribution in [0.2, 0.25) is 0 Å². The maximum absolute atomic E-state index is 11.7. The number of likely N-dealkylation sites (N-methyl/N-ethyl adjacent to an activating group) is 1. The number of amides is 1. The number of fused-ring (bicyclic) bond motifs is 2. The molecule has 0 saturated carbocycles. The Bertz CT molecular complexity index is 856. The van der Waals surface area contributed by atoms with E-state index in [0.717, 1.165) is 21.3 Å². The number of hydrogen-bond donors (Lipinski definition) is 0. The van der Waals surface area contributed by atoms with Crippen molar-refractivity contribution in [3.8, 4) is 5.75 Å². The Balaban J connectivity index is 1.98. The van der Waals surface area contributed by atoms with Crippen LogP contribution < -0.4 is 9.64 Å². The van der Waals surface area contributed by atoms with Crippen LogP contribution in [-0.4, -0.2) is 41.4 Å². The van der Waals surface area contributed by atoms with Gasteiger partial charge in [-0.05, 0) is 37.3 Å². The second kappa shape index (κ2) is 7.37. The van der Waals surface area contributed by atoms with Crippen molar-refractivity contribution in [2.75, 3.05) is 18.5 Å². The molecule has 0 bridgehead atoms. The number of nitrogens with zero attached hydrogens (tertiary/aromatic N) is 3. The highest BCUT2D eigenvalue weighted by atomic mass is 32.2. The lowest BCUT2D eigenvalue weighted by Crippen LogP contribution is -2.41. The maximum Gasteiger partial charge on any atom is 0.308 e. The highest BCUT2D eigenvalue weighted by Crippen LogP contribution is 2.48. The minimum Gasteiger partial charge on any atom is -0.427 e. The lowest BCUT2D eigenvalue weighted by molar-refractivity contribution is -0.132. The van der Waals surface area contributed by atoms with E-state index in [2.05, 4.69) is 9.88 Å². The monoisotopic (exact) mass is 371 g/mol. The molecule has 1 atom stereocenters. The van der Waals surface area contributed by atoms with Crippen molar-refractivity contribution >= 4 is 35.1 Å². The van der Waals surface area contributed by atoms with Gasteiger partial charge < -0.3 is 14.5 Å². The van der Waals surface area contributed by atoms with Gasteiger partial charge in [0.25, 0.3) is 0 Å². The number of esters is 1. The quantitative estimate of drug-likeness (QED) is 0.606. The Kier molecular flexibility index (Phi) is 5.18. The summed E-state index contributed by atoms with van der Waals surface area (Å²) in [6.45, 7) is 5.57. The zero-order valence-corrected chi connectivity index (χ0v) is 16.0. The zero-order chi connectivity index (χ0) is 18.8. The van der Waals surface area contributed by atoms with Crippen molar-refractivity contribution in [3.05, 3.63) is 36.5 Å². The van der Waals surface area contributed by atoms with E-state index in [1.54, 1.807) is 42.9 Å². The van der Waals surface area contributed by atoms with Gasteiger partial charge >= 0.3 is 5.97 Å². The van der Waals surface area contributed by atoms with Gasteiger partial charge in [0, 0.05) is 44.6 Å². The van der Waals surface area contributed by atoms with Crippen molar-refractivity contribution in [1.29, 1.82) is 0 Å². The van der Waals surface area contributed by atoms with E-state index in [1.165, 1.54) is 6.92 Å². The molecular weight excluding hydrogens is 350 g/mol. The van der Waals surface area contributed by atoms with Crippen LogP contribution in [0, 0.1) is 0 Å². The van der Waals surface area contributed by atoms with E-state index >= 15 is 0 Å². The molecule has 0 spiro atoms. The number of pyridine rings is 1. The molecule has 6 nitrogen and oxygen atoms in total. The summed E-state index contributed by atoms with van der Waals surface area (Å²) in [6.07, 6.45) is 1.77. The fraction of sp³-hybridized carbons (Fsp3) is 0.316. The first-order valence-electron chi connectivity index (χ1n) is 8.33. The average molecular weight is 371 g/mol. The standard InChI is InChI=1S/C19H21N3O3S/c1-12(21(4)13(2)23)11-22-16-8-7-15(25-14(3)24)10-18(16)26-17-6-5-9-20-19(17)22/h5-10,12H,11H2,1-4H3. The Morgan fingerprint density at radius 2 is 2.04 bits per heavy atom. The molecule has 0 fully saturated rings. The van der Waals surface area contributed by atoms with Gasteiger partial charge in [0.05, 0.1) is 10.6 Å². The van der Waals surface area contributed by atoms with Crippen LogP contribution >= 0.6 is 11.8 Å². The molecule has 0 saturated heterocycles. The minimum absolute atomic E-state index is 0.00597. The summed E-state index contributed by atoms with van der Waals surface area (Å²) in [7, 11) is 1.80. The van der Waals surface area contributed by atoms with E-state index in [9.17, 15) is 9.59 Å². The largest absolute Gasteiger partial charge is 0.427 e. The molecule has 0 radical (unpaired) electrons. The lowest BCUT2D eigenvalue weighted by Gasteiger charge is -2.35. The highest BCUT2D eigenvalue weighted by molar-refractivity contribution is 7.99. The fourth-order valence-corrected chi connectivity index (χ4v) is 3.90. The third-order valence-electron chi connectivity index (χ3n) is 4.31. The Hall–Kier alpha value is -2.54. The third-order valence-corrected chi connectivity index (χ3v) is 5.40. The summed E-state index contributed by atoms with van der Waals surface area (Å²) in [5.41, 5.74) is 0.987. The zero-order valence-electron chi connectivity index (χ0n) is 15.2. The van der Waals surface area contributed by atoms with Crippen LogP contribution in [0.5, 0.6) is 5.75 Å². The van der Waals surface area contributed by atoms with Crippen LogP contribution in [0.15, 0.2) is 46.3 Å². The van der Waals surface area contributed by atoms with Crippen molar-refractivity contribution in [1.82, 2.24) is 9.88 Å². The molecule has 2 aromatic rings. The predicted octanol–water partition coefficient (Wildman–Crippen LogP) is 3.48. The van der Waals surface area contributed by atoms with Crippen molar-refractivity contribution < 1.29 is 14.3 Å². The van der Waals surface area contributed by atoms with Crippen LogP contribution in [0.3, 0.4) is 0 Å². The average Bonchev–Trinajstić information content (AvgIpc) is 2.59. The summed E-state index contributed by atoms with van der Waals surface area (Å²) in [5, 5.41) is 0. The lowest BCUT2D eigenvalue weighted by atomic mass is 10.2. The molecule has 0 aliphatic carbocycles. The van der Waals surface area contributed by atoms with Crippen LogP contribution in [0.25, 0.3) is 0 Å². The van der Waals surface area contributed by atoms with Gasteiger partial charge in [0.15, 0.2) is 0 Å². The predicted molar refractivity (Wildman–Crippen MR) is 101 cm³/mol. The molecule has 136 valence electrons.